The van der Waals surface area contributed by atoms with Gasteiger partial charge in [-0.2, -0.15) is 0 Å². The summed E-state index contributed by atoms with van der Waals surface area (Å²) in [6.45, 7) is 0.599. The second-order valence-electron chi connectivity index (χ2n) is 3.30. The van der Waals surface area contributed by atoms with Gasteiger partial charge >= 0.3 is 0 Å². The van der Waals surface area contributed by atoms with Crippen LogP contribution in [0.3, 0.4) is 0 Å². The summed E-state index contributed by atoms with van der Waals surface area (Å²) < 4.78 is 1.89. The van der Waals surface area contributed by atoms with Gasteiger partial charge in [0.15, 0.2) is 5.82 Å². The number of aromatic nitrogens is 4. The fourth-order valence-corrected chi connectivity index (χ4v) is 1.38. The average molecular weight is 203 g/mol. The normalized spacial score (nSPS) is 10.5. The standard InChI is InChI=1S/C10H13N5/c1-15-7-12-6-9(15)10-13-5-3-8(14-10)2-4-11/h3,5-7H,2,4,11H2,1H3. The molecule has 0 bridgehead atoms. The van der Waals surface area contributed by atoms with Crippen molar-refractivity contribution in [2.45, 2.75) is 6.42 Å². The number of nitrogens with zero attached hydrogens (tertiary/aromatic N) is 4. The van der Waals surface area contributed by atoms with Crippen molar-refractivity contribution in [3.8, 4) is 11.5 Å². The van der Waals surface area contributed by atoms with E-state index in [1.54, 1.807) is 18.7 Å². The molecule has 15 heavy (non-hydrogen) atoms. The average Bonchev–Trinajstić information content (AvgIpc) is 2.65. The summed E-state index contributed by atoms with van der Waals surface area (Å²) in [5, 5.41) is 0. The number of hydrogen-bond acceptors (Lipinski definition) is 4. The third kappa shape index (κ3) is 2.02. The van der Waals surface area contributed by atoms with Crippen molar-refractivity contribution in [3.05, 3.63) is 30.5 Å². The minimum absolute atomic E-state index is 0.599. The molecule has 0 aliphatic heterocycles. The predicted molar refractivity (Wildman–Crippen MR) is 57.0 cm³/mol. The van der Waals surface area contributed by atoms with Crippen LogP contribution in [0.5, 0.6) is 0 Å². The predicted octanol–water partition coefficient (Wildman–Crippen LogP) is 0.378. The van der Waals surface area contributed by atoms with Gasteiger partial charge < -0.3 is 10.3 Å². The molecular weight excluding hydrogens is 190 g/mol. The van der Waals surface area contributed by atoms with Gasteiger partial charge in [0.25, 0.3) is 0 Å². The van der Waals surface area contributed by atoms with Crippen LogP contribution in [0.15, 0.2) is 24.8 Å². The lowest BCUT2D eigenvalue weighted by atomic mass is 10.3. The van der Waals surface area contributed by atoms with E-state index in [4.69, 9.17) is 5.73 Å². The van der Waals surface area contributed by atoms with Crippen LogP contribution in [0.25, 0.3) is 11.5 Å². The van der Waals surface area contributed by atoms with Crippen molar-refractivity contribution in [2.24, 2.45) is 12.8 Å². The van der Waals surface area contributed by atoms with Gasteiger partial charge in [0.05, 0.1) is 12.5 Å². The summed E-state index contributed by atoms with van der Waals surface area (Å²) in [5.74, 6) is 0.695. The van der Waals surface area contributed by atoms with Crippen LogP contribution in [0.4, 0.5) is 0 Å². The maximum atomic E-state index is 5.48. The highest BCUT2D eigenvalue weighted by Crippen LogP contribution is 2.12. The molecule has 0 aliphatic carbocycles. The zero-order valence-electron chi connectivity index (χ0n) is 8.59. The molecule has 0 aliphatic rings. The van der Waals surface area contributed by atoms with E-state index in [0.717, 1.165) is 17.8 Å². The lowest BCUT2D eigenvalue weighted by Crippen LogP contribution is -2.06. The molecule has 2 rings (SSSR count). The molecule has 2 aromatic heterocycles. The van der Waals surface area contributed by atoms with Crippen LogP contribution < -0.4 is 5.73 Å². The lowest BCUT2D eigenvalue weighted by Gasteiger charge is -2.02. The molecule has 0 fully saturated rings. The molecule has 2 aromatic rings. The van der Waals surface area contributed by atoms with Crippen LogP contribution in [-0.4, -0.2) is 26.1 Å². The molecule has 0 radical (unpaired) electrons. The largest absolute Gasteiger partial charge is 0.331 e. The Morgan fingerprint density at radius 3 is 3.00 bits per heavy atom. The smallest absolute Gasteiger partial charge is 0.177 e. The van der Waals surface area contributed by atoms with Gasteiger partial charge in [-0.3, -0.25) is 0 Å². The Bertz CT molecular complexity index is 449. The van der Waals surface area contributed by atoms with Crippen molar-refractivity contribution < 1.29 is 0 Å². The maximum Gasteiger partial charge on any atom is 0.177 e. The Morgan fingerprint density at radius 1 is 1.47 bits per heavy atom. The molecule has 78 valence electrons. The van der Waals surface area contributed by atoms with Crippen LogP contribution >= 0.6 is 0 Å². The molecule has 0 spiro atoms. The molecule has 0 atom stereocenters. The van der Waals surface area contributed by atoms with Gasteiger partial charge in [0.2, 0.25) is 0 Å². The van der Waals surface area contributed by atoms with Crippen LogP contribution in [0, 0.1) is 0 Å². The number of nitrogens with two attached hydrogens (primary N) is 1. The van der Waals surface area contributed by atoms with Crippen LogP contribution in [-0.2, 0) is 13.5 Å². The van der Waals surface area contributed by atoms with E-state index < -0.39 is 0 Å². The number of hydrogen-bond donors (Lipinski definition) is 1. The van der Waals surface area contributed by atoms with Gasteiger partial charge in [-0.25, -0.2) is 15.0 Å². The van der Waals surface area contributed by atoms with Gasteiger partial charge in [0, 0.05) is 25.4 Å². The van der Waals surface area contributed by atoms with E-state index in [0.29, 0.717) is 12.4 Å². The van der Waals surface area contributed by atoms with Crippen LogP contribution in [0.2, 0.25) is 0 Å². The second kappa shape index (κ2) is 4.18. The Kier molecular flexibility index (Phi) is 2.73. The molecular formula is C10H13N5. The first kappa shape index (κ1) is 9.79. The molecule has 2 N–H and O–H groups in total. The first-order valence-electron chi connectivity index (χ1n) is 4.80. The van der Waals surface area contributed by atoms with Gasteiger partial charge in [-0.15, -0.1) is 0 Å². The molecule has 0 amide bonds. The first-order chi connectivity index (χ1) is 7.31. The zero-order valence-corrected chi connectivity index (χ0v) is 8.59. The van der Waals surface area contributed by atoms with E-state index in [1.807, 2.05) is 17.7 Å². The fraction of sp³-hybridized carbons (Fsp3) is 0.300. The van der Waals surface area contributed by atoms with Crippen molar-refractivity contribution in [1.29, 1.82) is 0 Å². The van der Waals surface area contributed by atoms with Gasteiger partial charge in [-0.05, 0) is 12.6 Å². The molecule has 0 unspecified atom stereocenters. The fourth-order valence-electron chi connectivity index (χ4n) is 1.38. The highest BCUT2D eigenvalue weighted by Gasteiger charge is 2.05. The van der Waals surface area contributed by atoms with E-state index in [-0.39, 0.29) is 0 Å². The Hall–Kier alpha value is -1.75. The maximum absolute atomic E-state index is 5.48. The number of aryl methyl sites for hydroxylation is 1. The monoisotopic (exact) mass is 203 g/mol. The molecule has 2 heterocycles. The Morgan fingerprint density at radius 2 is 2.33 bits per heavy atom. The van der Waals surface area contributed by atoms with E-state index >= 15 is 0 Å². The topological polar surface area (TPSA) is 69.6 Å². The first-order valence-corrected chi connectivity index (χ1v) is 4.80. The second-order valence-corrected chi connectivity index (χ2v) is 3.30. The molecule has 0 saturated heterocycles. The zero-order chi connectivity index (χ0) is 10.7. The minimum Gasteiger partial charge on any atom is -0.331 e. The molecule has 0 saturated carbocycles. The highest BCUT2D eigenvalue weighted by atomic mass is 15.1. The number of rotatable bonds is 3. The summed E-state index contributed by atoms with van der Waals surface area (Å²) in [7, 11) is 1.92. The van der Waals surface area contributed by atoms with Crippen molar-refractivity contribution in [1.82, 2.24) is 19.5 Å². The highest BCUT2D eigenvalue weighted by molar-refractivity contribution is 5.47. The molecule has 0 aromatic carbocycles. The van der Waals surface area contributed by atoms with Crippen molar-refractivity contribution in [3.63, 3.8) is 0 Å². The molecule has 5 nitrogen and oxygen atoms in total. The van der Waals surface area contributed by atoms with E-state index in [1.165, 1.54) is 0 Å². The Labute approximate surface area is 88.0 Å². The SMILES string of the molecule is Cn1cncc1-c1nccc(CCN)n1. The van der Waals surface area contributed by atoms with Crippen molar-refractivity contribution >= 4 is 0 Å². The summed E-state index contributed by atoms with van der Waals surface area (Å²) >= 11 is 0. The van der Waals surface area contributed by atoms with Crippen LogP contribution in [0.1, 0.15) is 5.69 Å². The Balaban J connectivity index is 2.37. The third-order valence-electron chi connectivity index (χ3n) is 2.16. The summed E-state index contributed by atoms with van der Waals surface area (Å²) in [6, 6.07) is 1.88. The summed E-state index contributed by atoms with van der Waals surface area (Å²) in [5.41, 5.74) is 7.35. The lowest BCUT2D eigenvalue weighted by molar-refractivity contribution is 0.884. The quantitative estimate of drug-likeness (QED) is 0.782. The molecule has 5 heteroatoms. The van der Waals surface area contributed by atoms with Gasteiger partial charge in [-0.1, -0.05) is 0 Å². The number of imidazole rings is 1. The minimum atomic E-state index is 0.599. The van der Waals surface area contributed by atoms with E-state index in [9.17, 15) is 0 Å². The van der Waals surface area contributed by atoms with Crippen molar-refractivity contribution in [2.75, 3.05) is 6.54 Å². The van der Waals surface area contributed by atoms with E-state index in [2.05, 4.69) is 15.0 Å². The third-order valence-corrected chi connectivity index (χ3v) is 2.16. The summed E-state index contributed by atoms with van der Waals surface area (Å²) in [4.78, 5) is 12.7. The van der Waals surface area contributed by atoms with Gasteiger partial charge in [0.1, 0.15) is 5.69 Å². The summed E-state index contributed by atoms with van der Waals surface area (Å²) in [6.07, 6.45) is 6.00.